The average Bonchev–Trinajstić information content (AvgIpc) is 1.62. The Hall–Kier alpha value is -5.89. The lowest BCUT2D eigenvalue weighted by molar-refractivity contribution is -0.388. The second kappa shape index (κ2) is 31.6. The van der Waals surface area contributed by atoms with Crippen molar-refractivity contribution in [1.29, 1.82) is 0 Å². The highest BCUT2D eigenvalue weighted by atomic mass is 35.6. The third-order valence-electron chi connectivity index (χ3n) is 22.7. The Labute approximate surface area is 611 Å². The highest BCUT2D eigenvalue weighted by Crippen LogP contribution is 2.52. The van der Waals surface area contributed by atoms with Gasteiger partial charge < -0.3 is 44.8 Å². The van der Waals surface area contributed by atoms with Crippen molar-refractivity contribution in [2.24, 2.45) is 0 Å². The maximum Gasteiger partial charge on any atom is 0.423 e. The predicted octanol–water partition coefficient (Wildman–Crippen LogP) is 19.7. The Morgan fingerprint density at radius 1 is 0.467 bits per heavy atom. The molecule has 0 radical (unpaired) electrons. The number of hydrogen-bond acceptors (Lipinski definition) is 15. The van der Waals surface area contributed by atoms with Crippen LogP contribution in [0.1, 0.15) is 162 Å². The number of fused-ring (bicyclic) bond motifs is 8. The molecule has 0 aliphatic carbocycles. The van der Waals surface area contributed by atoms with E-state index in [-0.39, 0.29) is 82.1 Å². The van der Waals surface area contributed by atoms with Crippen molar-refractivity contribution >= 4 is 74.9 Å². The molecule has 105 heavy (non-hydrogen) atoms. The molecule has 4 aromatic carbocycles. The van der Waals surface area contributed by atoms with Gasteiger partial charge in [-0.2, -0.15) is 63.8 Å². The molecule has 5 N–H and O–H groups in total. The normalized spacial score (nSPS) is 25.6. The van der Waals surface area contributed by atoms with Gasteiger partial charge in [-0.25, -0.2) is 4.39 Å². The van der Waals surface area contributed by atoms with Crippen LogP contribution >= 0.6 is 11.1 Å². The number of hydrogen-bond donors (Lipinski definition) is 4. The number of halogens is 14. The number of nitrogens with two attached hydrogens (primary N) is 1. The topological polar surface area (TPSA) is 236 Å². The number of nitrogens with one attached hydrogen (secondary N) is 1. The molecule has 8 bridgehead atoms. The number of aliphatic hydroxyl groups is 2. The fourth-order valence-electron chi connectivity index (χ4n) is 14.2. The first-order valence-electron chi connectivity index (χ1n) is 35.0. The number of rotatable bonds is 10. The molecule has 12 rings (SSSR count). The van der Waals surface area contributed by atoms with E-state index in [0.29, 0.717) is 47.1 Å². The van der Waals surface area contributed by atoms with Crippen molar-refractivity contribution in [2.45, 2.75) is 291 Å². The van der Waals surface area contributed by atoms with Gasteiger partial charge in [0, 0.05) is 71.2 Å². The van der Waals surface area contributed by atoms with Crippen LogP contribution in [0.4, 0.5) is 96.9 Å². The third kappa shape index (κ3) is 20.3. The molecule has 0 amide bonds. The molecule has 8 aliphatic rings. The van der Waals surface area contributed by atoms with Crippen molar-refractivity contribution in [3.63, 3.8) is 0 Å². The average molecular weight is 1580 g/mol. The van der Waals surface area contributed by atoms with Crippen LogP contribution in [-0.4, -0.2) is 122 Å². The van der Waals surface area contributed by atoms with Crippen LogP contribution < -0.4 is 25.8 Å². The van der Waals surface area contributed by atoms with E-state index in [9.17, 15) is 92.5 Å². The number of nitrogen functional groups attached to an aromatic ring is 1. The van der Waals surface area contributed by atoms with Crippen molar-refractivity contribution in [3.8, 4) is 0 Å². The summed E-state index contributed by atoms with van der Waals surface area (Å²) in [4.78, 5) is 34.6. The monoisotopic (exact) mass is 1580 g/mol. The summed E-state index contributed by atoms with van der Waals surface area (Å²) in [5.74, 6) is -1.16. The molecule has 12 atom stereocenters. The Morgan fingerprint density at radius 2 is 0.800 bits per heavy atom. The molecule has 35 heteroatoms. The number of nitro benzene ring substituents is 3. The van der Waals surface area contributed by atoms with E-state index in [0.717, 1.165) is 82.1 Å². The molecular formula is C70H98ClF13N8O10Si3. The quantitative estimate of drug-likeness (QED) is 0.0288. The maximum atomic E-state index is 13.4. The van der Waals surface area contributed by atoms with Gasteiger partial charge in [-0.15, -0.1) is 0 Å². The lowest BCUT2D eigenvalue weighted by atomic mass is 9.98. The molecule has 588 valence electrons. The summed E-state index contributed by atoms with van der Waals surface area (Å²) in [5, 5.41) is 54.8. The standard InChI is InChI=1S/C19H27F3N2O3Si.C19H29F3N2OSi.C13H13F3N2O3.C7H3F4NO2.C6H15ClSi.C6H11NO/c1-18(2,3)28(4,5)27-17-11-13-7-9-16(17)23(13)12-6-8-15(24(25)26)14(10-12)19(20,21)22;1-18(2,3)26(4,5)25-17-11-13-7-9-16(17)24(13)12-6-8-15(23)14(10-12)19(20,21)22;14-13(15,16)9-5-7(1-3-10(9)18(20)21)17-8-2-4-11(17)12(19)6-8;8-4-1-2-6(12(13)14)5(3-4)7(9,10)11;1-6(2,3)8(4,5)7;8-6-3-4-1-2-5(6)7-4/h6,8,10,13,16-17H,7,9,11H2,1-5H3;6,8,10,13,16-17H,7,9,11,23H2,1-5H3;1,3,5,8,11-12,19H,2,4,6H2;1-3H;1-5H3;4-8H,1-3H2. The summed E-state index contributed by atoms with van der Waals surface area (Å²) in [5.41, 5.74) is -1.13. The van der Waals surface area contributed by atoms with Crippen LogP contribution in [-0.2, 0) is 33.6 Å². The SMILES string of the molecule is CC(C)(C)[Si](C)(C)Cl.CC(C)(C)[Si](C)(C)OC1CC2CCC1N2c1ccc(N)c(C(F)(F)F)c1.CC(C)(C)[Si](C)(C)OC1CC2CCC1N2c1ccc([N+](=O)[O-])c(C(F)(F)F)c1.O=[N+]([O-])c1ccc(F)cc1C(F)(F)F.O=[N+]([O-])c1ccc(N2C3CCC2C(O)C3)cc1C(F)(F)F.OC1CC2CCC1N2. The lowest BCUT2D eigenvalue weighted by Gasteiger charge is -2.40. The summed E-state index contributed by atoms with van der Waals surface area (Å²) >= 11 is 6.15. The molecule has 8 saturated heterocycles. The Bertz CT molecular complexity index is 3720. The first-order valence-corrected chi connectivity index (χ1v) is 44.8. The van der Waals surface area contributed by atoms with Crippen molar-refractivity contribution < 1.29 is 90.9 Å². The lowest BCUT2D eigenvalue weighted by Crippen LogP contribution is -2.47. The van der Waals surface area contributed by atoms with Crippen molar-refractivity contribution in [2.75, 3.05) is 20.4 Å². The van der Waals surface area contributed by atoms with Crippen molar-refractivity contribution in [1.82, 2.24) is 5.32 Å². The van der Waals surface area contributed by atoms with Gasteiger partial charge in [0.2, 0.25) is 0 Å². The Kier molecular flexibility index (Phi) is 26.0. The van der Waals surface area contributed by atoms with Crippen LogP contribution in [0.2, 0.25) is 54.4 Å². The molecule has 8 aliphatic heterocycles. The molecule has 0 saturated carbocycles. The van der Waals surface area contributed by atoms with Gasteiger partial charge in [-0.3, -0.25) is 30.3 Å². The van der Waals surface area contributed by atoms with Gasteiger partial charge in [0.25, 0.3) is 17.1 Å². The van der Waals surface area contributed by atoms with Gasteiger partial charge in [0.15, 0.2) is 24.0 Å². The van der Waals surface area contributed by atoms with E-state index < -0.39 is 115 Å². The maximum absolute atomic E-state index is 13.4. The molecule has 18 nitrogen and oxygen atoms in total. The molecule has 0 aromatic heterocycles. The van der Waals surface area contributed by atoms with Crippen LogP contribution in [0, 0.1) is 36.2 Å². The third-order valence-corrected chi connectivity index (χ3v) is 37.0. The van der Waals surface area contributed by atoms with E-state index in [1.807, 2.05) is 4.90 Å². The van der Waals surface area contributed by atoms with Gasteiger partial charge in [0.1, 0.15) is 22.5 Å². The zero-order valence-electron chi connectivity index (χ0n) is 61.6. The molecule has 8 fully saturated rings. The van der Waals surface area contributed by atoms with Crippen LogP contribution in [0.3, 0.4) is 0 Å². The molecule has 8 heterocycles. The van der Waals surface area contributed by atoms with Crippen molar-refractivity contribution in [3.05, 3.63) is 131 Å². The largest absolute Gasteiger partial charge is 0.423 e. The van der Waals surface area contributed by atoms with Crippen LogP contribution in [0.5, 0.6) is 0 Å². The second-order valence-corrected chi connectivity index (χ2v) is 49.7. The van der Waals surface area contributed by atoms with Crippen LogP contribution in [0.15, 0.2) is 72.8 Å². The van der Waals surface area contributed by atoms with Gasteiger partial charge in [0.05, 0.1) is 62.9 Å². The zero-order chi connectivity index (χ0) is 79.4. The first kappa shape index (κ1) is 86.3. The summed E-state index contributed by atoms with van der Waals surface area (Å²) in [7, 11) is -5.30. The summed E-state index contributed by atoms with van der Waals surface area (Å²) < 4.78 is 181. The number of aliphatic hydroxyl groups excluding tert-OH is 2. The summed E-state index contributed by atoms with van der Waals surface area (Å²) in [6.45, 7) is 32.9. The smallest absolute Gasteiger partial charge is 0.412 e. The van der Waals surface area contributed by atoms with E-state index in [1.54, 1.807) is 11.0 Å². The number of benzene rings is 4. The minimum atomic E-state index is -4.93. The summed E-state index contributed by atoms with van der Waals surface area (Å²) in [6, 6.07) is 13.3. The first-order chi connectivity index (χ1) is 47.7. The molecule has 12 unspecified atom stereocenters. The molecular weight excluding hydrogens is 1480 g/mol. The Balaban J connectivity index is 0.000000185. The van der Waals surface area contributed by atoms with E-state index in [2.05, 4.69) is 112 Å². The number of nitro groups is 3. The van der Waals surface area contributed by atoms with E-state index >= 15 is 0 Å². The Morgan fingerprint density at radius 3 is 1.09 bits per heavy atom. The minimum Gasteiger partial charge on any atom is -0.412 e. The van der Waals surface area contributed by atoms with E-state index in [4.69, 9.17) is 30.8 Å². The second-order valence-electron chi connectivity index (χ2n) is 32.9. The number of alkyl halides is 12. The van der Waals surface area contributed by atoms with Crippen LogP contribution in [0.25, 0.3) is 0 Å². The number of nitrogens with zero attached hydrogens (tertiary/aromatic N) is 6. The molecule has 0 spiro atoms. The predicted molar refractivity (Wildman–Crippen MR) is 386 cm³/mol. The number of anilines is 4. The fraction of sp³-hybridized carbons (Fsp3) is 0.657. The summed E-state index contributed by atoms with van der Waals surface area (Å²) in [6.07, 6.45) is -8.45. The minimum absolute atomic E-state index is 0.00698. The highest BCUT2D eigenvalue weighted by Gasteiger charge is 2.54. The fourth-order valence-corrected chi connectivity index (χ4v) is 16.9. The van der Waals surface area contributed by atoms with E-state index in [1.165, 1.54) is 37.1 Å². The zero-order valence-corrected chi connectivity index (χ0v) is 65.3. The van der Waals surface area contributed by atoms with Gasteiger partial charge in [-0.05, 0) is 173 Å². The van der Waals surface area contributed by atoms with Gasteiger partial charge in [-0.1, -0.05) is 75.4 Å². The molecule has 4 aromatic rings. The highest BCUT2D eigenvalue weighted by molar-refractivity contribution is 7.20. The van der Waals surface area contributed by atoms with Gasteiger partial charge >= 0.3 is 24.7 Å².